The molecule has 0 saturated carbocycles. The molecule has 10 heteroatoms. The van der Waals surface area contributed by atoms with Crippen molar-refractivity contribution in [2.45, 2.75) is 43.4 Å². The first kappa shape index (κ1) is 24.7. The summed E-state index contributed by atoms with van der Waals surface area (Å²) in [6, 6.07) is 7.75. The molecule has 1 aliphatic rings. The van der Waals surface area contributed by atoms with Gasteiger partial charge in [-0.2, -0.15) is 0 Å². The van der Waals surface area contributed by atoms with Crippen molar-refractivity contribution >= 4 is 50.2 Å². The number of nitrogens with zero attached hydrogens (tertiary/aromatic N) is 1. The van der Waals surface area contributed by atoms with E-state index in [4.69, 9.17) is 28.9 Å². The van der Waals surface area contributed by atoms with E-state index >= 15 is 0 Å². The van der Waals surface area contributed by atoms with Crippen molar-refractivity contribution in [3.63, 3.8) is 0 Å². The predicted molar refractivity (Wildman–Crippen MR) is 124 cm³/mol. The second kappa shape index (κ2) is 9.53. The maximum Gasteiger partial charge on any atom is 0.251 e. The number of hydrogen-bond donors (Lipinski definition) is 1. The lowest BCUT2D eigenvalue weighted by molar-refractivity contribution is -0.117. The van der Waals surface area contributed by atoms with E-state index in [1.54, 1.807) is 30.0 Å². The van der Waals surface area contributed by atoms with E-state index in [1.165, 1.54) is 12.1 Å². The van der Waals surface area contributed by atoms with E-state index < -0.39 is 15.8 Å². The Balaban J connectivity index is 1.73. The lowest BCUT2D eigenvalue weighted by Gasteiger charge is -2.34. The minimum Gasteiger partial charge on any atom is -0.397 e. The smallest absolute Gasteiger partial charge is 0.251 e. The quantitative estimate of drug-likeness (QED) is 0.539. The van der Waals surface area contributed by atoms with Gasteiger partial charge in [0.2, 0.25) is 0 Å². The highest BCUT2D eigenvalue weighted by molar-refractivity contribution is 7.91. The van der Waals surface area contributed by atoms with Gasteiger partial charge in [0.1, 0.15) is 5.78 Å². The molecule has 2 aromatic rings. The average molecular weight is 505 g/mol. The van der Waals surface area contributed by atoms with E-state index in [9.17, 15) is 22.0 Å². The van der Waals surface area contributed by atoms with E-state index in [1.807, 2.05) is 0 Å². The summed E-state index contributed by atoms with van der Waals surface area (Å²) >= 11 is 12.8. The van der Waals surface area contributed by atoms with Crippen LogP contribution in [0.1, 0.15) is 30.9 Å². The zero-order chi connectivity index (χ0) is 23.7. The van der Waals surface area contributed by atoms with Gasteiger partial charge in [-0.15, -0.1) is 0 Å². The molecule has 1 aliphatic heterocycles. The first-order valence-corrected chi connectivity index (χ1v) is 12.6. The molecule has 0 aromatic heterocycles. The minimum atomic E-state index is -3.30. The maximum atomic E-state index is 13.5. The van der Waals surface area contributed by atoms with E-state index in [0.29, 0.717) is 16.8 Å². The number of Topliss-reactive ketones (excluding diaryl/α,β-unsaturated/α-hetero) is 1. The SMILES string of the molecule is CCS(=O)(=O)c1ccc(CC(=O)Cc2cc(Cl)c(N3CCC(F)(F)CC3)c(Cl)c2N)cc1. The lowest BCUT2D eigenvalue weighted by atomic mass is 10.00. The fraction of sp³-hybridized carbons (Fsp3) is 0.409. The molecule has 2 N–H and O–H groups in total. The Morgan fingerprint density at radius 3 is 2.28 bits per heavy atom. The Bertz CT molecular complexity index is 1110. The number of hydrogen-bond acceptors (Lipinski definition) is 5. The molecule has 32 heavy (non-hydrogen) atoms. The summed E-state index contributed by atoms with van der Waals surface area (Å²) in [7, 11) is -3.30. The van der Waals surface area contributed by atoms with Crippen LogP contribution in [0, 0.1) is 0 Å². The zero-order valence-corrected chi connectivity index (χ0v) is 19.8. The van der Waals surface area contributed by atoms with Crippen LogP contribution in [-0.2, 0) is 27.5 Å². The van der Waals surface area contributed by atoms with E-state index in [-0.39, 0.29) is 70.9 Å². The highest BCUT2D eigenvalue weighted by Crippen LogP contribution is 2.42. The monoisotopic (exact) mass is 504 g/mol. The molecule has 1 saturated heterocycles. The summed E-state index contributed by atoms with van der Waals surface area (Å²) in [6.07, 6.45) is -0.515. The Hall–Kier alpha value is -1.90. The van der Waals surface area contributed by atoms with Crippen LogP contribution >= 0.6 is 23.2 Å². The van der Waals surface area contributed by atoms with Crippen LogP contribution in [0.25, 0.3) is 0 Å². The Labute approximate surface area is 196 Å². The third kappa shape index (κ3) is 5.53. The van der Waals surface area contributed by atoms with Crippen molar-refractivity contribution in [1.29, 1.82) is 0 Å². The summed E-state index contributed by atoms with van der Waals surface area (Å²) in [5.74, 6) is -2.85. The van der Waals surface area contributed by atoms with Crippen molar-refractivity contribution in [1.82, 2.24) is 0 Å². The fourth-order valence-electron chi connectivity index (χ4n) is 3.65. The predicted octanol–water partition coefficient (Wildman–Crippen LogP) is 4.96. The van der Waals surface area contributed by atoms with Gasteiger partial charge in [-0.3, -0.25) is 4.79 Å². The van der Waals surface area contributed by atoms with Gasteiger partial charge in [0.05, 0.1) is 32.1 Å². The molecule has 0 amide bonds. The van der Waals surface area contributed by atoms with Gasteiger partial charge in [-0.25, -0.2) is 17.2 Å². The molecule has 0 bridgehead atoms. The first-order valence-electron chi connectivity index (χ1n) is 10.2. The van der Waals surface area contributed by atoms with Crippen LogP contribution < -0.4 is 10.6 Å². The number of nitrogen functional groups attached to an aromatic ring is 1. The highest BCUT2D eigenvalue weighted by atomic mass is 35.5. The maximum absolute atomic E-state index is 13.5. The number of rotatable bonds is 7. The molecule has 0 unspecified atom stereocenters. The molecule has 5 nitrogen and oxygen atoms in total. The molecule has 1 fully saturated rings. The third-order valence-electron chi connectivity index (χ3n) is 5.58. The van der Waals surface area contributed by atoms with Crippen LogP contribution in [0.4, 0.5) is 20.2 Å². The third-order valence-corrected chi connectivity index (χ3v) is 8.00. The van der Waals surface area contributed by atoms with Crippen LogP contribution in [-0.4, -0.2) is 39.0 Å². The molecule has 0 spiro atoms. The molecule has 1 heterocycles. The number of carbonyl (C=O) groups is 1. The minimum absolute atomic E-state index is 0.00191. The second-order valence-corrected chi connectivity index (χ2v) is 10.9. The summed E-state index contributed by atoms with van der Waals surface area (Å²) < 4.78 is 50.8. The Kier molecular flexibility index (Phi) is 7.37. The van der Waals surface area contributed by atoms with Gasteiger partial charge in [-0.1, -0.05) is 42.3 Å². The average Bonchev–Trinajstić information content (AvgIpc) is 2.73. The summed E-state index contributed by atoms with van der Waals surface area (Å²) in [5, 5.41) is 0.408. The Morgan fingerprint density at radius 2 is 1.72 bits per heavy atom. The molecular weight excluding hydrogens is 481 g/mol. The van der Waals surface area contributed by atoms with Gasteiger partial charge in [0.15, 0.2) is 9.84 Å². The van der Waals surface area contributed by atoms with Gasteiger partial charge in [0.25, 0.3) is 5.92 Å². The number of nitrogens with two attached hydrogens (primary N) is 1. The number of ketones is 1. The summed E-state index contributed by atoms with van der Waals surface area (Å²) in [4.78, 5) is 14.5. The number of alkyl halides is 2. The van der Waals surface area contributed by atoms with E-state index in [2.05, 4.69) is 0 Å². The molecule has 0 radical (unpaired) electrons. The van der Waals surface area contributed by atoms with Crippen molar-refractivity contribution in [3.05, 3.63) is 51.5 Å². The van der Waals surface area contributed by atoms with Crippen LogP contribution in [0.15, 0.2) is 35.2 Å². The number of piperidine rings is 1. The van der Waals surface area contributed by atoms with Crippen molar-refractivity contribution < 1.29 is 22.0 Å². The topological polar surface area (TPSA) is 80.5 Å². The summed E-state index contributed by atoms with van der Waals surface area (Å²) in [6.45, 7) is 1.78. The second-order valence-electron chi connectivity index (χ2n) is 7.88. The van der Waals surface area contributed by atoms with Crippen LogP contribution in [0.3, 0.4) is 0 Å². The molecule has 0 atom stereocenters. The van der Waals surface area contributed by atoms with Gasteiger partial charge >= 0.3 is 0 Å². The van der Waals surface area contributed by atoms with Gasteiger partial charge in [0, 0.05) is 38.8 Å². The van der Waals surface area contributed by atoms with Gasteiger partial charge in [-0.05, 0) is 29.3 Å². The molecule has 0 aliphatic carbocycles. The number of anilines is 2. The Morgan fingerprint density at radius 1 is 1.12 bits per heavy atom. The lowest BCUT2D eigenvalue weighted by Crippen LogP contribution is -2.39. The summed E-state index contributed by atoms with van der Waals surface area (Å²) in [5.41, 5.74) is 7.89. The largest absolute Gasteiger partial charge is 0.397 e. The molecular formula is C22H24Cl2F2N2O3S. The molecule has 2 aromatic carbocycles. The van der Waals surface area contributed by atoms with Gasteiger partial charge < -0.3 is 10.6 Å². The standard InChI is InChI=1S/C22H24Cl2F2N2O3S/c1-2-32(30,31)17-5-3-14(4-6-17)11-16(29)12-15-13-18(23)21(19(24)20(15)27)28-9-7-22(25,26)8-10-28/h3-6,13H,2,7-12,27H2,1H3. The molecule has 3 rings (SSSR count). The number of benzene rings is 2. The normalized spacial score (nSPS) is 16.2. The highest BCUT2D eigenvalue weighted by Gasteiger charge is 2.35. The number of carbonyl (C=O) groups excluding carboxylic acids is 1. The van der Waals surface area contributed by atoms with Crippen molar-refractivity contribution in [2.24, 2.45) is 0 Å². The van der Waals surface area contributed by atoms with Crippen LogP contribution in [0.2, 0.25) is 10.0 Å². The fourth-order valence-corrected chi connectivity index (χ4v) is 5.27. The number of sulfone groups is 1. The first-order chi connectivity index (χ1) is 14.9. The number of halogens is 4. The molecule has 174 valence electrons. The van der Waals surface area contributed by atoms with Crippen LogP contribution in [0.5, 0.6) is 0 Å². The zero-order valence-electron chi connectivity index (χ0n) is 17.5. The van der Waals surface area contributed by atoms with E-state index in [0.717, 1.165) is 0 Å². The van der Waals surface area contributed by atoms with Crippen molar-refractivity contribution in [2.75, 3.05) is 29.5 Å². The van der Waals surface area contributed by atoms with Crippen molar-refractivity contribution in [3.8, 4) is 0 Å².